The molecule has 0 aliphatic carbocycles. The van der Waals surface area contributed by atoms with Crippen LogP contribution in [0.2, 0.25) is 0 Å². The molecule has 1 fully saturated rings. The number of likely N-dealkylation sites (tertiary alicyclic amines) is 1. The van der Waals surface area contributed by atoms with Gasteiger partial charge in [-0.15, -0.1) is 11.8 Å². The van der Waals surface area contributed by atoms with Crippen molar-refractivity contribution in [3.05, 3.63) is 95.8 Å². The zero-order chi connectivity index (χ0) is 23.8. The van der Waals surface area contributed by atoms with Crippen LogP contribution in [-0.2, 0) is 10.5 Å². The quantitative estimate of drug-likeness (QED) is 0.452. The van der Waals surface area contributed by atoms with Gasteiger partial charge < -0.3 is 10.2 Å². The fourth-order valence-electron chi connectivity index (χ4n) is 4.32. The lowest BCUT2D eigenvalue weighted by Crippen LogP contribution is -2.47. The summed E-state index contributed by atoms with van der Waals surface area (Å²) < 4.78 is 0. The third-order valence-electron chi connectivity index (χ3n) is 6.29. The molecule has 2 heterocycles. The maximum Gasteiger partial charge on any atom is 0.251 e. The Labute approximate surface area is 206 Å². The summed E-state index contributed by atoms with van der Waals surface area (Å²) in [5.74, 6) is 0.892. The molecule has 3 aromatic rings. The molecule has 0 saturated carbocycles. The van der Waals surface area contributed by atoms with Crippen LogP contribution in [0.15, 0.2) is 84.0 Å². The van der Waals surface area contributed by atoms with Gasteiger partial charge >= 0.3 is 0 Å². The molecule has 0 bridgehead atoms. The second kappa shape index (κ2) is 11.8. The molecule has 0 spiro atoms. The highest BCUT2D eigenvalue weighted by molar-refractivity contribution is 7.98. The number of carbonyl (C=O) groups excluding carboxylic acids is 2. The van der Waals surface area contributed by atoms with Gasteiger partial charge in [0.25, 0.3) is 5.91 Å². The van der Waals surface area contributed by atoms with Gasteiger partial charge in [-0.25, -0.2) is 0 Å². The van der Waals surface area contributed by atoms with Gasteiger partial charge in [0, 0.05) is 47.7 Å². The van der Waals surface area contributed by atoms with E-state index >= 15 is 0 Å². The van der Waals surface area contributed by atoms with Gasteiger partial charge in [0.05, 0.1) is 5.92 Å². The average Bonchev–Trinajstić information content (AvgIpc) is 2.90. The summed E-state index contributed by atoms with van der Waals surface area (Å²) >= 11 is 1.73. The second-order valence-electron chi connectivity index (χ2n) is 8.62. The number of piperidine rings is 1. The van der Waals surface area contributed by atoms with Crippen LogP contribution in [0.3, 0.4) is 0 Å². The van der Waals surface area contributed by atoms with Gasteiger partial charge in [0.15, 0.2) is 0 Å². The number of amides is 2. The van der Waals surface area contributed by atoms with E-state index in [4.69, 9.17) is 0 Å². The molecule has 1 saturated heterocycles. The molecule has 176 valence electrons. The maximum atomic E-state index is 13.1. The summed E-state index contributed by atoms with van der Waals surface area (Å²) in [5.41, 5.74) is 2.92. The van der Waals surface area contributed by atoms with Crippen molar-refractivity contribution in [2.75, 3.05) is 13.1 Å². The van der Waals surface area contributed by atoms with Gasteiger partial charge in [-0.05, 0) is 60.7 Å². The first kappa shape index (κ1) is 24.0. The highest BCUT2D eigenvalue weighted by atomic mass is 32.2. The van der Waals surface area contributed by atoms with Crippen LogP contribution in [0.4, 0.5) is 0 Å². The zero-order valence-corrected chi connectivity index (χ0v) is 20.3. The average molecular weight is 474 g/mol. The largest absolute Gasteiger partial charge is 0.349 e. The van der Waals surface area contributed by atoms with Crippen molar-refractivity contribution in [3.63, 3.8) is 0 Å². The van der Waals surface area contributed by atoms with Crippen molar-refractivity contribution in [2.45, 2.75) is 48.8 Å². The Morgan fingerprint density at radius 1 is 1.03 bits per heavy atom. The Bertz CT molecular complexity index is 1070. The van der Waals surface area contributed by atoms with Crippen LogP contribution in [0.1, 0.15) is 53.6 Å². The lowest BCUT2D eigenvalue weighted by Gasteiger charge is -2.34. The molecule has 1 aliphatic heterocycles. The highest BCUT2D eigenvalue weighted by Crippen LogP contribution is 2.25. The Morgan fingerprint density at radius 2 is 1.76 bits per heavy atom. The number of carbonyl (C=O) groups is 2. The number of pyridine rings is 1. The van der Waals surface area contributed by atoms with Gasteiger partial charge in [-0.1, -0.05) is 43.3 Å². The first-order chi connectivity index (χ1) is 16.6. The number of hydrogen-bond acceptors (Lipinski definition) is 4. The molecule has 1 aromatic heterocycles. The van der Waals surface area contributed by atoms with Crippen molar-refractivity contribution in [1.29, 1.82) is 0 Å². The Morgan fingerprint density at radius 3 is 2.41 bits per heavy atom. The predicted molar refractivity (Wildman–Crippen MR) is 137 cm³/mol. The minimum absolute atomic E-state index is 0.0516. The van der Waals surface area contributed by atoms with E-state index in [9.17, 15) is 9.59 Å². The number of benzene rings is 2. The molecule has 1 aliphatic rings. The van der Waals surface area contributed by atoms with Gasteiger partial charge in [-0.3, -0.25) is 14.6 Å². The van der Waals surface area contributed by atoms with Crippen LogP contribution >= 0.6 is 11.8 Å². The molecule has 4 rings (SSSR count). The topological polar surface area (TPSA) is 62.3 Å². The van der Waals surface area contributed by atoms with Crippen LogP contribution in [0.25, 0.3) is 0 Å². The summed E-state index contributed by atoms with van der Waals surface area (Å²) in [6, 6.07) is 21.8. The van der Waals surface area contributed by atoms with Crippen molar-refractivity contribution < 1.29 is 9.59 Å². The van der Waals surface area contributed by atoms with Gasteiger partial charge in [0.1, 0.15) is 0 Å². The van der Waals surface area contributed by atoms with Gasteiger partial charge in [0.2, 0.25) is 5.91 Å². The highest BCUT2D eigenvalue weighted by Gasteiger charge is 2.28. The van der Waals surface area contributed by atoms with Crippen LogP contribution in [-0.4, -0.2) is 40.8 Å². The lowest BCUT2D eigenvalue weighted by molar-refractivity contribution is -0.134. The Kier molecular flexibility index (Phi) is 8.36. The van der Waals surface area contributed by atoms with Crippen molar-refractivity contribution in [2.24, 2.45) is 0 Å². The SMILES string of the molecule is CCC(C(=O)N1CCC(NC(=O)c2ccc(SCc3cccnc3)cc2)CC1)c1ccccc1. The molecule has 34 heavy (non-hydrogen) atoms. The molecular formula is C28H31N3O2S. The number of nitrogens with one attached hydrogen (secondary N) is 1. The molecule has 1 N–H and O–H groups in total. The number of nitrogens with zero attached hydrogens (tertiary/aromatic N) is 2. The summed E-state index contributed by atoms with van der Waals surface area (Å²) in [6.07, 6.45) is 5.99. The zero-order valence-electron chi connectivity index (χ0n) is 19.5. The Hall–Kier alpha value is -3.12. The molecule has 2 amide bonds. The first-order valence-electron chi connectivity index (χ1n) is 11.9. The molecule has 6 heteroatoms. The van der Waals surface area contributed by atoms with E-state index in [0.29, 0.717) is 18.7 Å². The molecule has 5 nitrogen and oxygen atoms in total. The van der Waals surface area contributed by atoms with Crippen molar-refractivity contribution >= 4 is 23.6 Å². The van der Waals surface area contributed by atoms with E-state index in [1.54, 1.807) is 18.0 Å². The van der Waals surface area contributed by atoms with E-state index in [1.807, 2.05) is 71.8 Å². The monoisotopic (exact) mass is 473 g/mol. The Balaban J connectivity index is 1.25. The van der Waals surface area contributed by atoms with E-state index in [-0.39, 0.29) is 23.8 Å². The van der Waals surface area contributed by atoms with Crippen LogP contribution in [0.5, 0.6) is 0 Å². The van der Waals surface area contributed by atoms with Crippen molar-refractivity contribution in [3.8, 4) is 0 Å². The maximum absolute atomic E-state index is 13.1. The number of aromatic nitrogens is 1. The van der Waals surface area contributed by atoms with Crippen LogP contribution in [0, 0.1) is 0 Å². The minimum Gasteiger partial charge on any atom is -0.349 e. The normalized spacial score (nSPS) is 15.0. The molecular weight excluding hydrogens is 442 g/mol. The van der Waals surface area contributed by atoms with E-state index < -0.39 is 0 Å². The first-order valence-corrected chi connectivity index (χ1v) is 12.9. The van der Waals surface area contributed by atoms with Crippen molar-refractivity contribution in [1.82, 2.24) is 15.2 Å². The predicted octanol–water partition coefficient (Wildman–Crippen LogP) is 5.29. The van der Waals surface area contributed by atoms with Crippen LogP contribution < -0.4 is 5.32 Å². The summed E-state index contributed by atoms with van der Waals surface area (Å²) in [4.78, 5) is 33.1. The van der Waals surface area contributed by atoms with E-state index in [2.05, 4.69) is 23.3 Å². The number of rotatable bonds is 8. The van der Waals surface area contributed by atoms with E-state index in [1.165, 1.54) is 5.56 Å². The molecule has 1 atom stereocenters. The number of hydrogen-bond donors (Lipinski definition) is 1. The van der Waals surface area contributed by atoms with E-state index in [0.717, 1.165) is 35.5 Å². The standard InChI is InChI=1S/C28H31N3O2S/c1-2-26(22-8-4-3-5-9-22)28(33)31-17-14-24(15-18-31)30-27(32)23-10-12-25(13-11-23)34-20-21-7-6-16-29-19-21/h3-13,16,19,24,26H,2,14-15,17-18,20H2,1H3,(H,30,32). The second-order valence-corrected chi connectivity index (χ2v) is 9.67. The fraction of sp³-hybridized carbons (Fsp3) is 0.321. The molecule has 0 radical (unpaired) electrons. The summed E-state index contributed by atoms with van der Waals surface area (Å²) in [7, 11) is 0. The molecule has 2 aromatic carbocycles. The minimum atomic E-state index is -0.0955. The van der Waals surface area contributed by atoms with Gasteiger partial charge in [-0.2, -0.15) is 0 Å². The summed E-state index contributed by atoms with van der Waals surface area (Å²) in [5, 5.41) is 3.15. The smallest absolute Gasteiger partial charge is 0.251 e. The fourth-order valence-corrected chi connectivity index (χ4v) is 5.16. The lowest BCUT2D eigenvalue weighted by atomic mass is 9.93. The third kappa shape index (κ3) is 6.26. The third-order valence-corrected chi connectivity index (χ3v) is 7.38. The number of thioether (sulfide) groups is 1. The summed E-state index contributed by atoms with van der Waals surface area (Å²) in [6.45, 7) is 3.42. The molecule has 1 unspecified atom stereocenters.